The van der Waals surface area contributed by atoms with Gasteiger partial charge in [-0.2, -0.15) is 0 Å². The molecule has 2 aromatic heterocycles. The quantitative estimate of drug-likeness (QED) is 0.908. The molecule has 5 heteroatoms. The van der Waals surface area contributed by atoms with Crippen LogP contribution in [0.25, 0.3) is 10.2 Å². The van der Waals surface area contributed by atoms with E-state index in [1.807, 2.05) is 19.1 Å². The second-order valence-electron chi connectivity index (χ2n) is 5.49. The Labute approximate surface area is 122 Å². The van der Waals surface area contributed by atoms with Gasteiger partial charge in [0, 0.05) is 17.6 Å². The predicted molar refractivity (Wildman–Crippen MR) is 83.1 cm³/mol. The molecule has 0 bridgehead atoms. The highest BCUT2D eigenvalue weighted by molar-refractivity contribution is 7.21. The van der Waals surface area contributed by atoms with Crippen molar-refractivity contribution in [2.75, 3.05) is 12.3 Å². The van der Waals surface area contributed by atoms with Gasteiger partial charge in [0.1, 0.15) is 9.71 Å². The molecular weight excluding hydrogens is 270 g/mol. The lowest BCUT2D eigenvalue weighted by molar-refractivity contribution is 0.0954. The van der Waals surface area contributed by atoms with Crippen LogP contribution in [0.2, 0.25) is 0 Å². The molecule has 0 aliphatic heterocycles. The molecule has 2 aromatic rings. The molecule has 106 valence electrons. The smallest absolute Gasteiger partial charge is 0.263 e. The number of aromatic nitrogens is 1. The SMILES string of the molecule is Cc1ccc2c(N)c(C(=O)NCCC3CCC3)sc2n1. The summed E-state index contributed by atoms with van der Waals surface area (Å²) in [4.78, 5) is 18.1. The molecule has 0 saturated heterocycles. The number of anilines is 1. The maximum atomic E-state index is 12.2. The summed E-state index contributed by atoms with van der Waals surface area (Å²) >= 11 is 1.38. The lowest BCUT2D eigenvalue weighted by Gasteiger charge is -2.25. The number of carbonyl (C=O) groups excluding carboxylic acids is 1. The molecule has 2 heterocycles. The zero-order valence-electron chi connectivity index (χ0n) is 11.6. The van der Waals surface area contributed by atoms with Crippen LogP contribution in [0, 0.1) is 12.8 Å². The number of aryl methyl sites for hydroxylation is 1. The highest BCUT2D eigenvalue weighted by atomic mass is 32.1. The maximum absolute atomic E-state index is 12.2. The van der Waals surface area contributed by atoms with Crippen LogP contribution in [0.1, 0.15) is 41.0 Å². The van der Waals surface area contributed by atoms with Crippen molar-refractivity contribution in [3.05, 3.63) is 22.7 Å². The average molecular weight is 289 g/mol. The number of thiophene rings is 1. The van der Waals surface area contributed by atoms with Gasteiger partial charge in [-0.15, -0.1) is 11.3 Å². The van der Waals surface area contributed by atoms with Gasteiger partial charge in [0.2, 0.25) is 0 Å². The molecular formula is C15H19N3OS. The van der Waals surface area contributed by atoms with Gasteiger partial charge >= 0.3 is 0 Å². The Bertz CT molecular complexity index is 646. The van der Waals surface area contributed by atoms with Crippen LogP contribution in [-0.2, 0) is 0 Å². The molecule has 0 unspecified atom stereocenters. The summed E-state index contributed by atoms with van der Waals surface area (Å²) in [5.74, 6) is 0.738. The largest absolute Gasteiger partial charge is 0.397 e. The van der Waals surface area contributed by atoms with Gasteiger partial charge in [-0.3, -0.25) is 4.79 Å². The first-order valence-electron chi connectivity index (χ1n) is 7.09. The number of pyridine rings is 1. The molecule has 0 atom stereocenters. The Kier molecular flexibility index (Phi) is 3.61. The van der Waals surface area contributed by atoms with E-state index in [-0.39, 0.29) is 5.91 Å². The zero-order chi connectivity index (χ0) is 14.1. The van der Waals surface area contributed by atoms with Gasteiger partial charge in [-0.05, 0) is 31.4 Å². The summed E-state index contributed by atoms with van der Waals surface area (Å²) in [5, 5.41) is 3.86. The standard InChI is InChI=1S/C15H19N3OS/c1-9-5-6-11-12(16)13(20-15(11)18-9)14(19)17-8-7-10-3-2-4-10/h5-6,10H,2-4,7-8,16H2,1H3,(H,17,19). The van der Waals surface area contributed by atoms with Crippen LogP contribution in [0.4, 0.5) is 5.69 Å². The molecule has 3 N–H and O–H groups in total. The fraction of sp³-hybridized carbons (Fsp3) is 0.467. The van der Waals surface area contributed by atoms with Crippen LogP contribution in [-0.4, -0.2) is 17.4 Å². The number of hydrogen-bond acceptors (Lipinski definition) is 4. The number of carbonyl (C=O) groups is 1. The van der Waals surface area contributed by atoms with Gasteiger partial charge in [0.15, 0.2) is 0 Å². The van der Waals surface area contributed by atoms with Crippen molar-refractivity contribution in [2.45, 2.75) is 32.6 Å². The third-order valence-corrected chi connectivity index (χ3v) is 5.12. The monoisotopic (exact) mass is 289 g/mol. The van der Waals surface area contributed by atoms with Gasteiger partial charge in [0.25, 0.3) is 5.91 Å². The molecule has 0 radical (unpaired) electrons. The van der Waals surface area contributed by atoms with Gasteiger partial charge in [0.05, 0.1) is 5.69 Å². The number of nitrogens with one attached hydrogen (secondary N) is 1. The Balaban J connectivity index is 1.71. The van der Waals surface area contributed by atoms with Crippen LogP contribution in [0.3, 0.4) is 0 Å². The molecule has 3 rings (SSSR count). The molecule has 4 nitrogen and oxygen atoms in total. The summed E-state index contributed by atoms with van der Waals surface area (Å²) in [6.07, 6.45) is 5.04. The summed E-state index contributed by atoms with van der Waals surface area (Å²) < 4.78 is 0. The molecule has 1 saturated carbocycles. The molecule has 1 aliphatic rings. The minimum atomic E-state index is -0.0672. The number of hydrogen-bond donors (Lipinski definition) is 2. The van der Waals surface area contributed by atoms with Crippen LogP contribution >= 0.6 is 11.3 Å². The number of nitrogens with two attached hydrogens (primary N) is 1. The fourth-order valence-electron chi connectivity index (χ4n) is 2.51. The third kappa shape index (κ3) is 2.50. The molecule has 0 aromatic carbocycles. The van der Waals surface area contributed by atoms with E-state index in [2.05, 4.69) is 10.3 Å². The summed E-state index contributed by atoms with van der Waals surface area (Å²) in [6.45, 7) is 2.68. The third-order valence-electron chi connectivity index (χ3n) is 4.00. The minimum Gasteiger partial charge on any atom is -0.397 e. The summed E-state index contributed by atoms with van der Waals surface area (Å²) in [5.41, 5.74) is 7.56. The highest BCUT2D eigenvalue weighted by Gasteiger charge is 2.19. The van der Waals surface area contributed by atoms with Crippen molar-refractivity contribution in [1.29, 1.82) is 0 Å². The number of rotatable bonds is 4. The first kappa shape index (κ1) is 13.4. The van der Waals surface area contributed by atoms with Crippen molar-refractivity contribution in [3.8, 4) is 0 Å². The van der Waals surface area contributed by atoms with Gasteiger partial charge in [-0.25, -0.2) is 4.98 Å². The van der Waals surface area contributed by atoms with E-state index in [0.717, 1.165) is 34.8 Å². The van der Waals surface area contributed by atoms with E-state index in [4.69, 9.17) is 5.73 Å². The second-order valence-corrected chi connectivity index (χ2v) is 6.49. The van der Waals surface area contributed by atoms with E-state index in [0.29, 0.717) is 10.6 Å². The normalized spacial score (nSPS) is 15.2. The van der Waals surface area contributed by atoms with E-state index in [9.17, 15) is 4.79 Å². The molecule has 1 amide bonds. The highest BCUT2D eigenvalue weighted by Crippen LogP contribution is 2.32. The second kappa shape index (κ2) is 5.40. The Morgan fingerprint density at radius 2 is 2.30 bits per heavy atom. The number of amides is 1. The average Bonchev–Trinajstić information content (AvgIpc) is 2.69. The van der Waals surface area contributed by atoms with E-state index in [1.54, 1.807) is 0 Å². The Morgan fingerprint density at radius 1 is 1.50 bits per heavy atom. The van der Waals surface area contributed by atoms with Crippen molar-refractivity contribution in [1.82, 2.24) is 10.3 Å². The van der Waals surface area contributed by atoms with Gasteiger partial charge < -0.3 is 11.1 Å². The number of nitrogens with zero attached hydrogens (tertiary/aromatic N) is 1. The number of fused-ring (bicyclic) bond motifs is 1. The van der Waals surface area contributed by atoms with E-state index >= 15 is 0 Å². The van der Waals surface area contributed by atoms with E-state index < -0.39 is 0 Å². The zero-order valence-corrected chi connectivity index (χ0v) is 12.4. The minimum absolute atomic E-state index is 0.0672. The summed E-state index contributed by atoms with van der Waals surface area (Å²) in [7, 11) is 0. The van der Waals surface area contributed by atoms with Crippen LogP contribution in [0.5, 0.6) is 0 Å². The molecule has 20 heavy (non-hydrogen) atoms. The van der Waals surface area contributed by atoms with Crippen LogP contribution in [0.15, 0.2) is 12.1 Å². The topological polar surface area (TPSA) is 68.0 Å². The van der Waals surface area contributed by atoms with Crippen molar-refractivity contribution < 1.29 is 4.79 Å². The molecule has 0 spiro atoms. The van der Waals surface area contributed by atoms with Crippen molar-refractivity contribution in [3.63, 3.8) is 0 Å². The van der Waals surface area contributed by atoms with Crippen molar-refractivity contribution >= 4 is 33.1 Å². The predicted octanol–water partition coefficient (Wildman–Crippen LogP) is 3.11. The Morgan fingerprint density at radius 3 is 3.00 bits per heavy atom. The number of nitrogen functional groups attached to an aromatic ring is 1. The maximum Gasteiger partial charge on any atom is 0.263 e. The van der Waals surface area contributed by atoms with Gasteiger partial charge in [-0.1, -0.05) is 19.3 Å². The first-order chi connectivity index (χ1) is 9.65. The summed E-state index contributed by atoms with van der Waals surface area (Å²) in [6, 6.07) is 3.86. The lowest BCUT2D eigenvalue weighted by atomic mass is 9.83. The van der Waals surface area contributed by atoms with E-state index in [1.165, 1.54) is 30.6 Å². The first-order valence-corrected chi connectivity index (χ1v) is 7.90. The van der Waals surface area contributed by atoms with Crippen molar-refractivity contribution in [2.24, 2.45) is 5.92 Å². The molecule has 1 aliphatic carbocycles. The fourth-order valence-corrected chi connectivity index (χ4v) is 3.57. The lowest BCUT2D eigenvalue weighted by Crippen LogP contribution is -2.27. The van der Waals surface area contributed by atoms with Crippen LogP contribution < -0.4 is 11.1 Å². The molecule has 1 fully saturated rings. The Hall–Kier alpha value is -1.62.